The van der Waals surface area contributed by atoms with E-state index in [-0.39, 0.29) is 5.03 Å². The molecule has 0 spiro atoms. The second-order valence-electron chi connectivity index (χ2n) is 3.41. The van der Waals surface area contributed by atoms with E-state index in [1.54, 1.807) is 6.92 Å². The Balaban J connectivity index is 3.17. The molecule has 0 fully saturated rings. The molecule has 1 aromatic rings. The van der Waals surface area contributed by atoms with Crippen LogP contribution in [0.1, 0.15) is 5.56 Å². The lowest BCUT2D eigenvalue weighted by molar-refractivity contribution is -0.137. The van der Waals surface area contributed by atoms with Gasteiger partial charge in [0.2, 0.25) is 0 Å². The number of carboxylic acids is 1. The summed E-state index contributed by atoms with van der Waals surface area (Å²) in [4.78, 5) is 10.5. The highest BCUT2D eigenvalue weighted by Crippen LogP contribution is 2.17. The molecular weight excluding hydrogens is 234 g/mol. The van der Waals surface area contributed by atoms with E-state index in [0.29, 0.717) is 5.56 Å². The number of aryl methyl sites for hydroxylation is 2. The standard InChI is InChI=1S/C8H13N3O4S/c1-6-4-9-11(3)8(6)16(14,15)10(2)5-7(12)13/h4H,5H2,1-3H3,(H,12,13). The van der Waals surface area contributed by atoms with Crippen molar-refractivity contribution in [3.63, 3.8) is 0 Å². The Morgan fingerprint density at radius 1 is 1.62 bits per heavy atom. The number of carbonyl (C=O) groups is 1. The van der Waals surface area contributed by atoms with Gasteiger partial charge in [-0.15, -0.1) is 0 Å². The maximum absolute atomic E-state index is 12.0. The third kappa shape index (κ3) is 2.22. The van der Waals surface area contributed by atoms with Gasteiger partial charge in [-0.1, -0.05) is 0 Å². The van der Waals surface area contributed by atoms with E-state index < -0.39 is 22.5 Å². The van der Waals surface area contributed by atoms with Crippen LogP contribution in [0.2, 0.25) is 0 Å². The lowest BCUT2D eigenvalue weighted by atomic mass is 10.4. The average Bonchev–Trinajstić information content (AvgIpc) is 2.45. The van der Waals surface area contributed by atoms with Crippen molar-refractivity contribution >= 4 is 16.0 Å². The largest absolute Gasteiger partial charge is 0.480 e. The topological polar surface area (TPSA) is 92.5 Å². The minimum atomic E-state index is -3.80. The molecule has 0 aromatic carbocycles. The number of aromatic nitrogens is 2. The smallest absolute Gasteiger partial charge is 0.318 e. The first kappa shape index (κ1) is 12.7. The lowest BCUT2D eigenvalue weighted by Crippen LogP contribution is -2.33. The van der Waals surface area contributed by atoms with Crippen LogP contribution in [0.4, 0.5) is 0 Å². The van der Waals surface area contributed by atoms with Gasteiger partial charge >= 0.3 is 5.97 Å². The van der Waals surface area contributed by atoms with E-state index >= 15 is 0 Å². The van der Waals surface area contributed by atoms with Crippen LogP contribution in [-0.4, -0.2) is 47.2 Å². The molecule has 1 aromatic heterocycles. The zero-order valence-electron chi connectivity index (χ0n) is 9.21. The van der Waals surface area contributed by atoms with Gasteiger partial charge < -0.3 is 5.11 Å². The van der Waals surface area contributed by atoms with Gasteiger partial charge in [-0.05, 0) is 6.92 Å². The van der Waals surface area contributed by atoms with E-state index in [1.165, 1.54) is 25.0 Å². The number of hydrogen-bond donors (Lipinski definition) is 1. The molecule has 0 unspecified atom stereocenters. The van der Waals surface area contributed by atoms with Crippen molar-refractivity contribution in [3.05, 3.63) is 11.8 Å². The van der Waals surface area contributed by atoms with Gasteiger partial charge in [0.25, 0.3) is 10.0 Å². The number of nitrogens with zero attached hydrogens (tertiary/aromatic N) is 3. The van der Waals surface area contributed by atoms with E-state index in [1.807, 2.05) is 0 Å². The highest BCUT2D eigenvalue weighted by atomic mass is 32.2. The summed E-state index contributed by atoms with van der Waals surface area (Å²) < 4.78 is 25.9. The van der Waals surface area contributed by atoms with Crippen molar-refractivity contribution in [3.8, 4) is 0 Å². The first-order chi connectivity index (χ1) is 7.26. The van der Waals surface area contributed by atoms with Crippen molar-refractivity contribution in [2.24, 2.45) is 7.05 Å². The van der Waals surface area contributed by atoms with E-state index in [4.69, 9.17) is 5.11 Å². The summed E-state index contributed by atoms with van der Waals surface area (Å²) >= 11 is 0. The SMILES string of the molecule is Cc1cnn(C)c1S(=O)(=O)N(C)CC(=O)O. The van der Waals surface area contributed by atoms with Crippen LogP contribution >= 0.6 is 0 Å². The van der Waals surface area contributed by atoms with Gasteiger partial charge in [0.1, 0.15) is 6.54 Å². The number of aliphatic carboxylic acids is 1. The van der Waals surface area contributed by atoms with Crippen molar-refractivity contribution in [2.45, 2.75) is 11.9 Å². The zero-order valence-corrected chi connectivity index (χ0v) is 10.0. The molecule has 0 aliphatic heterocycles. The maximum Gasteiger partial charge on any atom is 0.318 e. The summed E-state index contributed by atoms with van der Waals surface area (Å²) in [5.41, 5.74) is 0.486. The molecule has 90 valence electrons. The van der Waals surface area contributed by atoms with Crippen LogP contribution in [0.3, 0.4) is 0 Å². The molecule has 8 heteroatoms. The average molecular weight is 247 g/mol. The second kappa shape index (κ2) is 4.22. The highest BCUT2D eigenvalue weighted by Gasteiger charge is 2.27. The summed E-state index contributed by atoms with van der Waals surface area (Å²) in [6.45, 7) is 1.03. The van der Waals surface area contributed by atoms with Crippen molar-refractivity contribution in [1.82, 2.24) is 14.1 Å². The fourth-order valence-corrected chi connectivity index (χ4v) is 2.75. The monoisotopic (exact) mass is 247 g/mol. The molecule has 1 heterocycles. The number of carboxylic acid groups (broad SMARTS) is 1. The highest BCUT2D eigenvalue weighted by molar-refractivity contribution is 7.89. The third-order valence-corrected chi connectivity index (χ3v) is 4.09. The van der Waals surface area contributed by atoms with E-state index in [9.17, 15) is 13.2 Å². The molecule has 1 N–H and O–H groups in total. The fraction of sp³-hybridized carbons (Fsp3) is 0.500. The molecule has 0 saturated carbocycles. The summed E-state index contributed by atoms with van der Waals surface area (Å²) in [5.74, 6) is -1.20. The Morgan fingerprint density at radius 2 is 2.19 bits per heavy atom. The lowest BCUT2D eigenvalue weighted by Gasteiger charge is -2.15. The van der Waals surface area contributed by atoms with E-state index in [0.717, 1.165) is 4.31 Å². The maximum atomic E-state index is 12.0. The molecular formula is C8H13N3O4S. The Morgan fingerprint density at radius 3 is 2.56 bits per heavy atom. The summed E-state index contributed by atoms with van der Waals surface area (Å²) in [5, 5.41) is 12.4. The molecule has 7 nitrogen and oxygen atoms in total. The summed E-state index contributed by atoms with van der Waals surface area (Å²) in [7, 11) is -1.09. The molecule has 1 rings (SSSR count). The predicted molar refractivity (Wildman–Crippen MR) is 55.4 cm³/mol. The molecule has 0 atom stereocenters. The van der Waals surface area contributed by atoms with E-state index in [2.05, 4.69) is 5.10 Å². The zero-order chi connectivity index (χ0) is 12.5. The van der Waals surface area contributed by atoms with Crippen LogP contribution in [0, 0.1) is 6.92 Å². The third-order valence-electron chi connectivity index (χ3n) is 2.07. The Bertz CT molecular complexity index is 486. The first-order valence-electron chi connectivity index (χ1n) is 4.43. The summed E-state index contributed by atoms with van der Waals surface area (Å²) in [6.07, 6.45) is 1.42. The van der Waals surface area contributed by atoms with Gasteiger partial charge in [-0.3, -0.25) is 9.48 Å². The van der Waals surface area contributed by atoms with Crippen molar-refractivity contribution in [1.29, 1.82) is 0 Å². The van der Waals surface area contributed by atoms with Gasteiger partial charge in [-0.2, -0.15) is 9.40 Å². The molecule has 0 radical (unpaired) electrons. The van der Waals surface area contributed by atoms with Crippen LogP contribution in [0.25, 0.3) is 0 Å². The normalized spacial score (nSPS) is 12.0. The molecule has 0 amide bonds. The van der Waals surface area contributed by atoms with Gasteiger partial charge in [0, 0.05) is 19.7 Å². The number of sulfonamides is 1. The van der Waals surface area contributed by atoms with Crippen LogP contribution < -0.4 is 0 Å². The van der Waals surface area contributed by atoms with Crippen LogP contribution in [0.5, 0.6) is 0 Å². The quantitative estimate of drug-likeness (QED) is 0.769. The van der Waals surface area contributed by atoms with Crippen LogP contribution in [0.15, 0.2) is 11.2 Å². The van der Waals surface area contributed by atoms with Gasteiger partial charge in [0.15, 0.2) is 5.03 Å². The Hall–Kier alpha value is -1.41. The first-order valence-corrected chi connectivity index (χ1v) is 5.87. The predicted octanol–water partition coefficient (Wildman–Crippen LogP) is -0.566. The fourth-order valence-electron chi connectivity index (χ4n) is 1.33. The van der Waals surface area contributed by atoms with Gasteiger partial charge in [0.05, 0.1) is 6.20 Å². The van der Waals surface area contributed by atoms with Crippen molar-refractivity contribution in [2.75, 3.05) is 13.6 Å². The van der Waals surface area contributed by atoms with Gasteiger partial charge in [-0.25, -0.2) is 8.42 Å². The summed E-state index contributed by atoms with van der Waals surface area (Å²) in [6, 6.07) is 0. The van der Waals surface area contributed by atoms with Crippen molar-refractivity contribution < 1.29 is 18.3 Å². The number of hydrogen-bond acceptors (Lipinski definition) is 4. The molecule has 0 saturated heterocycles. The second-order valence-corrected chi connectivity index (χ2v) is 5.37. The van der Waals surface area contributed by atoms with Crippen LogP contribution in [-0.2, 0) is 21.9 Å². The minimum Gasteiger partial charge on any atom is -0.480 e. The molecule has 0 aliphatic rings. The number of likely N-dealkylation sites (N-methyl/N-ethyl adjacent to an activating group) is 1. The molecule has 0 aliphatic carbocycles. The minimum absolute atomic E-state index is 0.0104. The Labute approximate surface area is 93.3 Å². The number of rotatable bonds is 4. The molecule has 16 heavy (non-hydrogen) atoms. The Kier molecular flexibility index (Phi) is 3.34. The molecule has 0 bridgehead atoms.